The smallest absolute Gasteiger partial charge is 0.320 e. The van der Waals surface area contributed by atoms with E-state index in [0.717, 1.165) is 4.31 Å². The molecular weight excluding hydrogens is 536 g/mol. The molecule has 2 aromatic carbocycles. The molecule has 13 heteroatoms. The van der Waals surface area contributed by atoms with E-state index in [4.69, 9.17) is 9.47 Å². The number of nitrogens with one attached hydrogen (secondary N) is 1. The van der Waals surface area contributed by atoms with Crippen LogP contribution in [0.2, 0.25) is 0 Å². The molecule has 0 saturated carbocycles. The molecule has 0 bridgehead atoms. The molecule has 2 N–H and O–H groups in total. The number of hydrogen-bond acceptors (Lipinski definition) is 7. The third-order valence-electron chi connectivity index (χ3n) is 6.96. The molecule has 2 aliphatic heterocycles. The van der Waals surface area contributed by atoms with Crippen LogP contribution in [0, 0.1) is 0 Å². The second-order valence-electron chi connectivity index (χ2n) is 9.01. The molecule has 2 heterocycles. The van der Waals surface area contributed by atoms with Crippen LogP contribution in [-0.2, 0) is 26.1 Å². The second-order valence-corrected chi connectivity index (χ2v) is 10.9. The predicted octanol–water partition coefficient (Wildman–Crippen LogP) is 2.10. The fourth-order valence-electron chi connectivity index (χ4n) is 4.81. The molecule has 2 fully saturated rings. The van der Waals surface area contributed by atoms with Crippen LogP contribution in [0.3, 0.4) is 0 Å². The zero-order chi connectivity index (χ0) is 26.5. The number of ether oxygens (including phenoxy) is 2. The van der Waals surface area contributed by atoms with Crippen molar-refractivity contribution in [2.75, 3.05) is 46.5 Å². The summed E-state index contributed by atoms with van der Waals surface area (Å²) in [7, 11) is -2.74. The maximum atomic E-state index is 14.0. The molecule has 208 valence electrons. The minimum Gasteiger partial charge on any atom is -0.497 e. The SMILES string of the molecule is COc1ccc(S(=O)(=O)N(Cc2ccccc2)C2(C(=O)NO)CCN(C(=O)N3CCOCC3)CC2)cc1.Cl. The Labute approximate surface area is 228 Å². The molecule has 3 amide bonds. The number of amides is 3. The number of carbonyl (C=O) groups is 2. The van der Waals surface area contributed by atoms with E-state index in [1.54, 1.807) is 39.5 Å². The largest absolute Gasteiger partial charge is 0.497 e. The standard InChI is InChI=1S/C25H32N4O7S.ClH/c1-35-21-7-9-22(10-8-21)37(33,34)29(19-20-5-3-2-4-6-20)25(23(30)26-32)11-13-27(14-12-25)24(31)28-15-17-36-18-16-28;/h2-10,32H,11-19H2,1H3,(H,26,30);1H. The summed E-state index contributed by atoms with van der Waals surface area (Å²) in [6.45, 7) is 2.07. The Kier molecular flexibility index (Phi) is 9.96. The van der Waals surface area contributed by atoms with Crippen LogP contribution in [0.25, 0.3) is 0 Å². The third-order valence-corrected chi connectivity index (χ3v) is 8.89. The van der Waals surface area contributed by atoms with Gasteiger partial charge in [0.05, 0.1) is 25.2 Å². The van der Waals surface area contributed by atoms with Crippen molar-refractivity contribution in [3.05, 3.63) is 60.2 Å². The van der Waals surface area contributed by atoms with E-state index in [1.807, 2.05) is 6.07 Å². The number of halogens is 1. The van der Waals surface area contributed by atoms with Crippen LogP contribution in [0.15, 0.2) is 59.5 Å². The molecule has 38 heavy (non-hydrogen) atoms. The number of rotatable bonds is 7. The van der Waals surface area contributed by atoms with E-state index in [1.165, 1.54) is 31.4 Å². The van der Waals surface area contributed by atoms with Crippen LogP contribution < -0.4 is 10.2 Å². The summed E-state index contributed by atoms with van der Waals surface area (Å²) in [6, 6.07) is 14.7. The third kappa shape index (κ3) is 6.05. The highest BCUT2D eigenvalue weighted by atomic mass is 35.5. The first-order valence-electron chi connectivity index (χ1n) is 12.1. The number of nitrogens with zero attached hydrogens (tertiary/aromatic N) is 3. The quantitative estimate of drug-likeness (QED) is 0.386. The molecule has 4 rings (SSSR count). The number of urea groups is 1. The van der Waals surface area contributed by atoms with Gasteiger partial charge in [-0.15, -0.1) is 12.4 Å². The molecular formula is C25H33ClN4O7S. The van der Waals surface area contributed by atoms with Gasteiger partial charge in [-0.3, -0.25) is 10.0 Å². The minimum absolute atomic E-state index is 0. The lowest BCUT2D eigenvalue weighted by Crippen LogP contribution is -2.65. The van der Waals surface area contributed by atoms with Crippen molar-refractivity contribution in [2.45, 2.75) is 29.8 Å². The van der Waals surface area contributed by atoms with Crippen LogP contribution >= 0.6 is 12.4 Å². The molecule has 2 aliphatic rings. The zero-order valence-corrected chi connectivity index (χ0v) is 22.7. The van der Waals surface area contributed by atoms with Crippen LogP contribution in [0.5, 0.6) is 5.75 Å². The van der Waals surface area contributed by atoms with Crippen LogP contribution in [-0.4, -0.2) is 91.7 Å². The van der Waals surface area contributed by atoms with Crippen molar-refractivity contribution in [1.29, 1.82) is 0 Å². The van der Waals surface area contributed by atoms with Gasteiger partial charge in [0.25, 0.3) is 5.91 Å². The molecule has 2 saturated heterocycles. The summed E-state index contributed by atoms with van der Waals surface area (Å²) in [6.07, 6.45) is 0.0232. The normalized spacial score (nSPS) is 17.4. The molecule has 2 aromatic rings. The first-order valence-corrected chi connectivity index (χ1v) is 13.5. The maximum absolute atomic E-state index is 14.0. The Morgan fingerprint density at radius 3 is 2.13 bits per heavy atom. The van der Waals surface area contributed by atoms with Gasteiger partial charge in [0.15, 0.2) is 0 Å². The number of methoxy groups -OCH3 is 1. The van der Waals surface area contributed by atoms with Crippen molar-refractivity contribution in [1.82, 2.24) is 19.6 Å². The average molecular weight is 569 g/mol. The minimum atomic E-state index is -4.22. The number of hydroxylamine groups is 1. The lowest BCUT2D eigenvalue weighted by atomic mass is 9.86. The number of carbonyl (C=O) groups excluding carboxylic acids is 2. The van der Waals surface area contributed by atoms with E-state index in [9.17, 15) is 23.2 Å². The second kappa shape index (κ2) is 12.8. The van der Waals surface area contributed by atoms with Gasteiger partial charge in [0, 0.05) is 32.7 Å². The predicted molar refractivity (Wildman–Crippen MR) is 141 cm³/mol. The van der Waals surface area contributed by atoms with Crippen molar-refractivity contribution < 1.29 is 32.7 Å². The molecule has 0 radical (unpaired) electrons. The summed E-state index contributed by atoms with van der Waals surface area (Å²) in [4.78, 5) is 29.6. The van der Waals surface area contributed by atoms with Crippen molar-refractivity contribution in [3.63, 3.8) is 0 Å². The van der Waals surface area contributed by atoms with Gasteiger partial charge in [-0.05, 0) is 42.7 Å². The number of sulfonamides is 1. The van der Waals surface area contributed by atoms with Gasteiger partial charge in [-0.1, -0.05) is 30.3 Å². The first-order chi connectivity index (χ1) is 17.8. The number of piperidine rings is 1. The summed E-state index contributed by atoms with van der Waals surface area (Å²) in [5, 5.41) is 9.71. The van der Waals surface area contributed by atoms with Crippen molar-refractivity contribution >= 4 is 34.4 Å². The van der Waals surface area contributed by atoms with E-state index in [0.29, 0.717) is 37.6 Å². The highest BCUT2D eigenvalue weighted by Crippen LogP contribution is 2.36. The van der Waals surface area contributed by atoms with E-state index >= 15 is 0 Å². The van der Waals surface area contributed by atoms with Crippen molar-refractivity contribution in [2.24, 2.45) is 0 Å². The average Bonchev–Trinajstić information content (AvgIpc) is 2.96. The molecule has 0 aromatic heterocycles. The summed E-state index contributed by atoms with van der Waals surface area (Å²) in [5.74, 6) is -0.342. The monoisotopic (exact) mass is 568 g/mol. The zero-order valence-electron chi connectivity index (χ0n) is 21.1. The lowest BCUT2D eigenvalue weighted by Gasteiger charge is -2.46. The fourth-order valence-corrected chi connectivity index (χ4v) is 6.59. The topological polar surface area (TPSA) is 129 Å². The van der Waals surface area contributed by atoms with Crippen molar-refractivity contribution in [3.8, 4) is 5.75 Å². The Hall–Kier alpha value is -2.90. The molecule has 0 aliphatic carbocycles. The number of hydrogen-bond donors (Lipinski definition) is 2. The van der Waals surface area contributed by atoms with Crippen LogP contribution in [0.4, 0.5) is 4.79 Å². The Bertz CT molecular complexity index is 1180. The number of likely N-dealkylation sites (tertiary alicyclic amines) is 1. The summed E-state index contributed by atoms with van der Waals surface area (Å²) < 4.78 is 39.7. The van der Waals surface area contributed by atoms with Gasteiger partial charge in [0.1, 0.15) is 11.3 Å². The van der Waals surface area contributed by atoms with E-state index in [2.05, 4.69) is 0 Å². The van der Waals surface area contributed by atoms with Gasteiger partial charge >= 0.3 is 6.03 Å². The maximum Gasteiger partial charge on any atom is 0.320 e. The molecule has 11 nitrogen and oxygen atoms in total. The highest BCUT2D eigenvalue weighted by Gasteiger charge is 2.52. The first kappa shape index (κ1) is 29.7. The molecule has 0 atom stereocenters. The Balaban J connectivity index is 0.00000400. The summed E-state index contributed by atoms with van der Waals surface area (Å²) in [5.41, 5.74) is 0.753. The van der Waals surface area contributed by atoms with Gasteiger partial charge in [0.2, 0.25) is 10.0 Å². The van der Waals surface area contributed by atoms with Gasteiger partial charge < -0.3 is 19.3 Å². The molecule has 0 spiro atoms. The van der Waals surface area contributed by atoms with E-state index < -0.39 is 21.5 Å². The Morgan fingerprint density at radius 2 is 1.58 bits per heavy atom. The lowest BCUT2D eigenvalue weighted by molar-refractivity contribution is -0.142. The fraction of sp³-hybridized carbons (Fsp3) is 0.440. The Morgan fingerprint density at radius 1 is 1.00 bits per heavy atom. The van der Waals surface area contributed by atoms with E-state index in [-0.39, 0.29) is 55.8 Å². The number of benzene rings is 2. The highest BCUT2D eigenvalue weighted by molar-refractivity contribution is 7.89. The summed E-state index contributed by atoms with van der Waals surface area (Å²) >= 11 is 0. The van der Waals surface area contributed by atoms with Crippen LogP contribution in [0.1, 0.15) is 18.4 Å². The molecule has 0 unspecified atom stereocenters. The van der Waals surface area contributed by atoms with Gasteiger partial charge in [-0.2, -0.15) is 4.31 Å². The van der Waals surface area contributed by atoms with Gasteiger partial charge in [-0.25, -0.2) is 18.7 Å². The number of morpholine rings is 1.